The predicted molar refractivity (Wildman–Crippen MR) is 118 cm³/mol. The lowest BCUT2D eigenvalue weighted by Crippen LogP contribution is -2.38. The smallest absolute Gasteiger partial charge is 0.191 e. The van der Waals surface area contributed by atoms with Gasteiger partial charge in [-0.2, -0.15) is 5.10 Å². The van der Waals surface area contributed by atoms with E-state index >= 15 is 0 Å². The number of hydrogen-bond donors (Lipinski definition) is 2. The maximum atomic E-state index is 5.66. The summed E-state index contributed by atoms with van der Waals surface area (Å²) in [7, 11) is 1.67. The summed E-state index contributed by atoms with van der Waals surface area (Å²) in [5.74, 6) is 2.46. The molecule has 0 radical (unpaired) electrons. The third kappa shape index (κ3) is 8.05. The zero-order chi connectivity index (χ0) is 20.9. The number of aromatic nitrogens is 2. The fraction of sp³-hybridized carbons (Fsp3) is 0.545. The number of guanidine groups is 1. The van der Waals surface area contributed by atoms with Gasteiger partial charge in [-0.05, 0) is 63.3 Å². The van der Waals surface area contributed by atoms with Gasteiger partial charge in [0.15, 0.2) is 17.5 Å². The van der Waals surface area contributed by atoms with Gasteiger partial charge in [-0.25, -0.2) is 0 Å². The first-order chi connectivity index (χ1) is 14.2. The largest absolute Gasteiger partial charge is 0.493 e. The second-order valence-electron chi connectivity index (χ2n) is 6.84. The minimum absolute atomic E-state index is 0.629. The molecule has 1 aromatic carbocycles. The fourth-order valence-electron chi connectivity index (χ4n) is 3.00. The van der Waals surface area contributed by atoms with E-state index in [0.29, 0.717) is 6.61 Å². The summed E-state index contributed by atoms with van der Waals surface area (Å²) in [6, 6.07) is 6.14. The summed E-state index contributed by atoms with van der Waals surface area (Å²) in [4.78, 5) is 4.66. The summed E-state index contributed by atoms with van der Waals surface area (Å²) in [6.45, 7) is 10.1. The molecular weight excluding hydrogens is 366 g/mol. The van der Waals surface area contributed by atoms with Crippen LogP contribution >= 0.6 is 0 Å². The van der Waals surface area contributed by atoms with E-state index in [4.69, 9.17) is 9.47 Å². The van der Waals surface area contributed by atoms with E-state index < -0.39 is 0 Å². The van der Waals surface area contributed by atoms with Crippen LogP contribution in [-0.4, -0.2) is 49.1 Å². The number of nitrogens with one attached hydrogen (secondary N) is 2. The first-order valence-electron chi connectivity index (χ1n) is 10.5. The molecule has 0 spiro atoms. The van der Waals surface area contributed by atoms with Crippen molar-refractivity contribution in [3.63, 3.8) is 0 Å². The Bertz CT molecular complexity index is 757. The minimum Gasteiger partial charge on any atom is -0.493 e. The molecule has 7 heteroatoms. The molecule has 7 nitrogen and oxygen atoms in total. The van der Waals surface area contributed by atoms with E-state index in [1.54, 1.807) is 7.11 Å². The van der Waals surface area contributed by atoms with Gasteiger partial charge in [0.1, 0.15) is 0 Å². The minimum atomic E-state index is 0.629. The highest BCUT2D eigenvalue weighted by molar-refractivity contribution is 5.79. The summed E-state index contributed by atoms with van der Waals surface area (Å²) in [5.41, 5.74) is 2.43. The van der Waals surface area contributed by atoms with Crippen molar-refractivity contribution in [1.82, 2.24) is 20.4 Å². The molecule has 0 aliphatic carbocycles. The molecule has 0 unspecified atom stereocenters. The molecule has 0 aliphatic heterocycles. The van der Waals surface area contributed by atoms with Crippen molar-refractivity contribution in [2.45, 2.75) is 46.6 Å². The van der Waals surface area contributed by atoms with Crippen LogP contribution in [0, 0.1) is 6.92 Å². The molecule has 2 aromatic rings. The number of rotatable bonds is 12. The molecule has 0 bridgehead atoms. The van der Waals surface area contributed by atoms with E-state index in [0.717, 1.165) is 62.9 Å². The Hall–Kier alpha value is -2.70. The van der Waals surface area contributed by atoms with E-state index in [1.165, 1.54) is 11.1 Å². The van der Waals surface area contributed by atoms with Crippen LogP contribution in [0.2, 0.25) is 0 Å². The zero-order valence-corrected chi connectivity index (χ0v) is 18.2. The van der Waals surface area contributed by atoms with Gasteiger partial charge < -0.3 is 20.1 Å². The van der Waals surface area contributed by atoms with E-state index in [1.807, 2.05) is 23.9 Å². The molecule has 2 N–H and O–H groups in total. The van der Waals surface area contributed by atoms with Crippen molar-refractivity contribution >= 4 is 5.96 Å². The Morgan fingerprint density at radius 1 is 1.17 bits per heavy atom. The van der Waals surface area contributed by atoms with Gasteiger partial charge >= 0.3 is 0 Å². The predicted octanol–water partition coefficient (Wildman–Crippen LogP) is 3.18. The molecule has 29 heavy (non-hydrogen) atoms. The fourth-order valence-corrected chi connectivity index (χ4v) is 3.00. The van der Waals surface area contributed by atoms with Gasteiger partial charge in [-0.3, -0.25) is 9.67 Å². The van der Waals surface area contributed by atoms with Gasteiger partial charge in [0.05, 0.1) is 19.9 Å². The number of aryl methyl sites for hydroxylation is 3. The highest BCUT2D eigenvalue weighted by Gasteiger charge is 2.05. The van der Waals surface area contributed by atoms with Crippen LogP contribution in [0.1, 0.15) is 37.8 Å². The Labute approximate surface area is 174 Å². The lowest BCUT2D eigenvalue weighted by molar-refractivity contribution is 0.310. The molecule has 2 rings (SSSR count). The van der Waals surface area contributed by atoms with Gasteiger partial charge in [-0.1, -0.05) is 6.07 Å². The topological polar surface area (TPSA) is 72.7 Å². The standard InChI is InChI=1S/C22H35N5O2/c1-5-23-22(25-13-8-14-27-17-18(3)16-26-27)24-12-7-9-19-10-11-20(28-4)21(15-19)29-6-2/h10-11,15-17H,5-9,12-14H2,1-4H3,(H2,23,24,25). The number of hydrogen-bond acceptors (Lipinski definition) is 4. The highest BCUT2D eigenvalue weighted by Crippen LogP contribution is 2.28. The number of ether oxygens (including phenoxy) is 2. The average molecular weight is 402 g/mol. The lowest BCUT2D eigenvalue weighted by atomic mass is 10.1. The van der Waals surface area contributed by atoms with Crippen molar-refractivity contribution in [2.75, 3.05) is 33.4 Å². The van der Waals surface area contributed by atoms with Gasteiger partial charge in [0.2, 0.25) is 0 Å². The van der Waals surface area contributed by atoms with Gasteiger partial charge in [0.25, 0.3) is 0 Å². The molecule has 0 amide bonds. The zero-order valence-electron chi connectivity index (χ0n) is 18.2. The summed E-state index contributed by atoms with van der Waals surface area (Å²) in [5, 5.41) is 11.0. The Morgan fingerprint density at radius 2 is 2.03 bits per heavy atom. The van der Waals surface area contributed by atoms with Crippen LogP contribution in [0.15, 0.2) is 35.6 Å². The molecule has 1 heterocycles. The molecule has 1 aromatic heterocycles. The first kappa shape index (κ1) is 22.6. The van der Waals surface area contributed by atoms with Gasteiger partial charge in [-0.15, -0.1) is 0 Å². The van der Waals surface area contributed by atoms with Crippen molar-refractivity contribution in [3.05, 3.63) is 41.7 Å². The van der Waals surface area contributed by atoms with Crippen LogP contribution in [0.25, 0.3) is 0 Å². The number of aliphatic imine (C=N–C) groups is 1. The highest BCUT2D eigenvalue weighted by atomic mass is 16.5. The van der Waals surface area contributed by atoms with Gasteiger partial charge in [0, 0.05) is 32.4 Å². The SMILES string of the molecule is CCNC(=NCCCn1cc(C)cn1)NCCCc1ccc(OC)c(OCC)c1. The van der Waals surface area contributed by atoms with Crippen molar-refractivity contribution in [1.29, 1.82) is 0 Å². The third-order valence-electron chi connectivity index (χ3n) is 4.38. The second-order valence-corrected chi connectivity index (χ2v) is 6.84. The summed E-state index contributed by atoms with van der Waals surface area (Å²) in [6.07, 6.45) is 6.88. The van der Waals surface area contributed by atoms with Crippen LogP contribution in [-0.2, 0) is 13.0 Å². The summed E-state index contributed by atoms with van der Waals surface area (Å²) >= 11 is 0. The second kappa shape index (κ2) is 12.7. The van der Waals surface area contributed by atoms with Crippen molar-refractivity contribution in [3.8, 4) is 11.5 Å². The molecule has 0 saturated heterocycles. The molecule has 0 aliphatic rings. The Kier molecular flexibility index (Phi) is 9.89. The maximum absolute atomic E-state index is 5.66. The normalized spacial score (nSPS) is 11.4. The summed E-state index contributed by atoms with van der Waals surface area (Å²) < 4.78 is 13.0. The molecule has 0 saturated carbocycles. The average Bonchev–Trinajstić information content (AvgIpc) is 3.14. The van der Waals surface area contributed by atoms with Crippen molar-refractivity contribution < 1.29 is 9.47 Å². The monoisotopic (exact) mass is 401 g/mol. The van der Waals surface area contributed by atoms with E-state index in [9.17, 15) is 0 Å². The number of benzene rings is 1. The van der Waals surface area contributed by atoms with E-state index in [-0.39, 0.29) is 0 Å². The third-order valence-corrected chi connectivity index (χ3v) is 4.38. The van der Waals surface area contributed by atoms with Crippen LogP contribution in [0.5, 0.6) is 11.5 Å². The first-order valence-corrected chi connectivity index (χ1v) is 10.5. The molecule has 160 valence electrons. The molecular formula is C22H35N5O2. The quantitative estimate of drug-likeness (QED) is 0.325. The van der Waals surface area contributed by atoms with Crippen molar-refractivity contribution in [2.24, 2.45) is 4.99 Å². The molecule has 0 fully saturated rings. The number of methoxy groups -OCH3 is 1. The maximum Gasteiger partial charge on any atom is 0.191 e. The van der Waals surface area contributed by atoms with E-state index in [2.05, 4.69) is 52.9 Å². The Morgan fingerprint density at radius 3 is 2.72 bits per heavy atom. The lowest BCUT2D eigenvalue weighted by Gasteiger charge is -2.13. The molecule has 0 atom stereocenters. The van der Waals surface area contributed by atoms with Crippen LogP contribution < -0.4 is 20.1 Å². The number of nitrogens with zero attached hydrogens (tertiary/aromatic N) is 3. The van der Waals surface area contributed by atoms with Crippen LogP contribution in [0.4, 0.5) is 0 Å². The Balaban J connectivity index is 1.74. The van der Waals surface area contributed by atoms with Crippen LogP contribution in [0.3, 0.4) is 0 Å².